The molecule has 1 heterocycles. The van der Waals surface area contributed by atoms with E-state index in [4.69, 9.17) is 10.5 Å². The molecule has 0 aromatic heterocycles. The van der Waals surface area contributed by atoms with Gasteiger partial charge in [-0.3, -0.25) is 0 Å². The first-order valence-electron chi connectivity index (χ1n) is 7.56. The maximum absolute atomic E-state index is 5.67. The normalized spacial score (nSPS) is 13.4. The Bertz CT molecular complexity index is 637. The second kappa shape index (κ2) is 6.19. The van der Waals surface area contributed by atoms with Crippen LogP contribution in [0.4, 0.5) is 5.69 Å². The summed E-state index contributed by atoms with van der Waals surface area (Å²) in [6, 6.07) is 13.0. The predicted octanol–water partition coefficient (Wildman–Crippen LogP) is 3.22. The first-order chi connectivity index (χ1) is 10.3. The van der Waals surface area contributed by atoms with E-state index in [2.05, 4.69) is 35.6 Å². The zero-order valence-electron chi connectivity index (χ0n) is 12.5. The fraction of sp³-hybridized carbons (Fsp3) is 0.333. The molecule has 0 atom stereocenters. The third kappa shape index (κ3) is 2.88. The molecule has 1 aliphatic rings. The van der Waals surface area contributed by atoms with Crippen LogP contribution in [0.2, 0.25) is 0 Å². The van der Waals surface area contributed by atoms with Crippen LogP contribution in [-0.4, -0.2) is 20.2 Å². The Morgan fingerprint density at radius 1 is 1.19 bits per heavy atom. The molecule has 3 nitrogen and oxygen atoms in total. The minimum absolute atomic E-state index is 0.667. The number of nitrogens with two attached hydrogens (primary N) is 1. The molecule has 2 aromatic rings. The highest BCUT2D eigenvalue weighted by atomic mass is 16.5. The van der Waals surface area contributed by atoms with Gasteiger partial charge in [-0.15, -0.1) is 0 Å². The number of hydrogen-bond donors (Lipinski definition) is 2. The summed E-state index contributed by atoms with van der Waals surface area (Å²) in [6.07, 6.45) is 3.23. The Morgan fingerprint density at radius 3 is 2.90 bits per heavy atom. The molecular weight excluding hydrogens is 260 g/mol. The van der Waals surface area contributed by atoms with Gasteiger partial charge in [0.25, 0.3) is 0 Å². The lowest BCUT2D eigenvalue weighted by molar-refractivity contribution is 0.416. The predicted molar refractivity (Wildman–Crippen MR) is 88.0 cm³/mol. The smallest absolute Gasteiger partial charge is 0.126 e. The number of methoxy groups -OCH3 is 1. The van der Waals surface area contributed by atoms with Crippen LogP contribution in [0, 0.1) is 0 Å². The number of fused-ring (bicyclic) bond motifs is 1. The zero-order valence-corrected chi connectivity index (χ0v) is 12.5. The van der Waals surface area contributed by atoms with Crippen LogP contribution < -0.4 is 15.8 Å². The van der Waals surface area contributed by atoms with E-state index in [1.54, 1.807) is 7.11 Å². The van der Waals surface area contributed by atoms with Gasteiger partial charge in [-0.25, -0.2) is 0 Å². The van der Waals surface area contributed by atoms with Gasteiger partial charge < -0.3 is 15.8 Å². The molecule has 0 spiro atoms. The van der Waals surface area contributed by atoms with Crippen LogP contribution in [0.1, 0.15) is 17.5 Å². The topological polar surface area (TPSA) is 47.3 Å². The Hall–Kier alpha value is -2.00. The number of nitrogens with one attached hydrogen (secondary N) is 1. The SMILES string of the molecule is COc1ccc(CCN)cc1-c1ccc2c(c1)CCCN2. The summed E-state index contributed by atoms with van der Waals surface area (Å²) < 4.78 is 5.53. The van der Waals surface area contributed by atoms with Crippen molar-refractivity contribution in [3.63, 3.8) is 0 Å². The van der Waals surface area contributed by atoms with Crippen molar-refractivity contribution in [2.24, 2.45) is 5.73 Å². The number of hydrogen-bond acceptors (Lipinski definition) is 3. The van der Waals surface area contributed by atoms with Crippen LogP contribution in [0.3, 0.4) is 0 Å². The van der Waals surface area contributed by atoms with Crippen LogP contribution in [0.25, 0.3) is 11.1 Å². The largest absolute Gasteiger partial charge is 0.496 e. The van der Waals surface area contributed by atoms with Crippen molar-refractivity contribution in [1.82, 2.24) is 0 Å². The summed E-state index contributed by atoms with van der Waals surface area (Å²) in [4.78, 5) is 0. The minimum atomic E-state index is 0.667. The monoisotopic (exact) mass is 282 g/mol. The van der Waals surface area contributed by atoms with Crippen molar-refractivity contribution in [2.45, 2.75) is 19.3 Å². The lowest BCUT2D eigenvalue weighted by Gasteiger charge is -2.19. The molecule has 0 saturated carbocycles. The highest BCUT2D eigenvalue weighted by Gasteiger charge is 2.12. The van der Waals surface area contributed by atoms with Gasteiger partial charge in [-0.05, 0) is 66.8 Å². The molecule has 0 bridgehead atoms. The molecule has 0 fully saturated rings. The highest BCUT2D eigenvalue weighted by molar-refractivity contribution is 5.74. The molecule has 3 heteroatoms. The van der Waals surface area contributed by atoms with Crippen LogP contribution in [0.5, 0.6) is 5.75 Å². The Balaban J connectivity index is 2.03. The molecule has 3 rings (SSSR count). The molecule has 0 amide bonds. The van der Waals surface area contributed by atoms with E-state index in [-0.39, 0.29) is 0 Å². The van der Waals surface area contributed by atoms with E-state index in [9.17, 15) is 0 Å². The van der Waals surface area contributed by atoms with Crippen molar-refractivity contribution in [2.75, 3.05) is 25.5 Å². The second-order valence-electron chi connectivity index (χ2n) is 5.48. The third-order valence-electron chi connectivity index (χ3n) is 4.05. The van der Waals surface area contributed by atoms with Gasteiger partial charge in [0.2, 0.25) is 0 Å². The fourth-order valence-electron chi connectivity index (χ4n) is 2.95. The fourth-order valence-corrected chi connectivity index (χ4v) is 2.95. The maximum Gasteiger partial charge on any atom is 0.126 e. The van der Waals surface area contributed by atoms with E-state index in [1.807, 2.05) is 6.07 Å². The van der Waals surface area contributed by atoms with E-state index < -0.39 is 0 Å². The maximum atomic E-state index is 5.67. The van der Waals surface area contributed by atoms with Crippen molar-refractivity contribution >= 4 is 5.69 Å². The van der Waals surface area contributed by atoms with E-state index in [0.29, 0.717) is 6.54 Å². The first kappa shape index (κ1) is 14.0. The van der Waals surface area contributed by atoms with Crippen LogP contribution in [-0.2, 0) is 12.8 Å². The molecule has 21 heavy (non-hydrogen) atoms. The Morgan fingerprint density at radius 2 is 2.10 bits per heavy atom. The standard InChI is InChI=1S/C18H22N2O/c1-21-18-7-4-13(8-9-19)11-16(18)14-5-6-17-15(12-14)3-2-10-20-17/h4-7,11-12,20H,2-3,8-10,19H2,1H3. The Labute approximate surface area is 126 Å². The Kier molecular flexibility index (Phi) is 4.11. The lowest BCUT2D eigenvalue weighted by atomic mass is 9.95. The molecule has 0 radical (unpaired) electrons. The number of aryl methyl sites for hydroxylation is 1. The van der Waals surface area contributed by atoms with Crippen molar-refractivity contribution in [3.05, 3.63) is 47.5 Å². The number of benzene rings is 2. The first-order valence-corrected chi connectivity index (χ1v) is 7.56. The lowest BCUT2D eigenvalue weighted by Crippen LogP contribution is -2.11. The van der Waals surface area contributed by atoms with E-state index in [1.165, 1.54) is 28.8 Å². The third-order valence-corrected chi connectivity index (χ3v) is 4.05. The summed E-state index contributed by atoms with van der Waals surface area (Å²) in [5.41, 5.74) is 12.0. The van der Waals surface area contributed by atoms with E-state index in [0.717, 1.165) is 30.7 Å². The van der Waals surface area contributed by atoms with Gasteiger partial charge in [0.1, 0.15) is 5.75 Å². The van der Waals surface area contributed by atoms with Crippen LogP contribution >= 0.6 is 0 Å². The highest BCUT2D eigenvalue weighted by Crippen LogP contribution is 2.34. The van der Waals surface area contributed by atoms with Crippen molar-refractivity contribution in [3.8, 4) is 16.9 Å². The average molecular weight is 282 g/mol. The molecular formula is C18H22N2O. The van der Waals surface area contributed by atoms with Crippen molar-refractivity contribution < 1.29 is 4.74 Å². The quantitative estimate of drug-likeness (QED) is 0.905. The van der Waals surface area contributed by atoms with E-state index >= 15 is 0 Å². The van der Waals surface area contributed by atoms with Gasteiger partial charge >= 0.3 is 0 Å². The summed E-state index contributed by atoms with van der Waals surface area (Å²) >= 11 is 0. The molecule has 3 N–H and O–H groups in total. The van der Waals surface area contributed by atoms with Gasteiger partial charge in [0.05, 0.1) is 7.11 Å². The second-order valence-corrected chi connectivity index (χ2v) is 5.48. The van der Waals surface area contributed by atoms with Crippen LogP contribution in [0.15, 0.2) is 36.4 Å². The minimum Gasteiger partial charge on any atom is -0.496 e. The number of ether oxygens (including phenoxy) is 1. The van der Waals surface area contributed by atoms with Gasteiger partial charge in [0.15, 0.2) is 0 Å². The molecule has 110 valence electrons. The van der Waals surface area contributed by atoms with Crippen molar-refractivity contribution in [1.29, 1.82) is 0 Å². The molecule has 0 unspecified atom stereocenters. The number of anilines is 1. The summed E-state index contributed by atoms with van der Waals surface area (Å²) in [5, 5.41) is 3.45. The molecule has 0 saturated heterocycles. The van der Waals surface area contributed by atoms with Gasteiger partial charge in [0, 0.05) is 17.8 Å². The average Bonchev–Trinajstić information content (AvgIpc) is 2.54. The number of rotatable bonds is 4. The molecule has 0 aliphatic carbocycles. The molecule has 2 aromatic carbocycles. The zero-order chi connectivity index (χ0) is 14.7. The summed E-state index contributed by atoms with van der Waals surface area (Å²) in [7, 11) is 1.72. The van der Waals surface area contributed by atoms with Gasteiger partial charge in [-0.2, -0.15) is 0 Å². The molecule has 1 aliphatic heterocycles. The summed E-state index contributed by atoms with van der Waals surface area (Å²) in [5.74, 6) is 0.916. The summed E-state index contributed by atoms with van der Waals surface area (Å²) in [6.45, 7) is 1.74. The van der Waals surface area contributed by atoms with Gasteiger partial charge in [-0.1, -0.05) is 12.1 Å².